The second-order valence-electron chi connectivity index (χ2n) is 5.03. The largest absolute Gasteiger partial charge is 0.481 e. The summed E-state index contributed by atoms with van der Waals surface area (Å²) in [7, 11) is 1.59. The van der Waals surface area contributed by atoms with Gasteiger partial charge in [0.2, 0.25) is 5.91 Å². The first kappa shape index (κ1) is 15.5. The number of amides is 1. The highest BCUT2D eigenvalue weighted by atomic mass is 16.5. The molecular formula is C15H19NO5. The van der Waals surface area contributed by atoms with Crippen LogP contribution in [0.3, 0.4) is 0 Å². The molecule has 0 saturated carbocycles. The molecule has 1 N–H and O–H groups in total. The predicted molar refractivity (Wildman–Crippen MR) is 74.6 cm³/mol. The van der Waals surface area contributed by atoms with Gasteiger partial charge in [-0.2, -0.15) is 0 Å². The molecular weight excluding hydrogens is 274 g/mol. The van der Waals surface area contributed by atoms with Gasteiger partial charge in [-0.15, -0.1) is 0 Å². The summed E-state index contributed by atoms with van der Waals surface area (Å²) in [6, 6.07) is 9.11. The Hall–Kier alpha value is -1.92. The molecule has 0 bridgehead atoms. The fourth-order valence-electron chi connectivity index (χ4n) is 2.28. The van der Waals surface area contributed by atoms with E-state index in [9.17, 15) is 9.59 Å². The van der Waals surface area contributed by atoms with Crippen LogP contribution >= 0.6 is 0 Å². The van der Waals surface area contributed by atoms with Crippen molar-refractivity contribution in [3.8, 4) is 0 Å². The molecule has 1 aliphatic heterocycles. The van der Waals surface area contributed by atoms with Crippen LogP contribution in [0.2, 0.25) is 0 Å². The highest BCUT2D eigenvalue weighted by Crippen LogP contribution is 2.19. The van der Waals surface area contributed by atoms with Crippen LogP contribution in [0.25, 0.3) is 0 Å². The second kappa shape index (κ2) is 7.19. The Balaban J connectivity index is 1.81. The highest BCUT2D eigenvalue weighted by molar-refractivity contribution is 5.79. The van der Waals surface area contributed by atoms with Gasteiger partial charge in [0.25, 0.3) is 0 Å². The molecule has 21 heavy (non-hydrogen) atoms. The van der Waals surface area contributed by atoms with Crippen LogP contribution in [0.15, 0.2) is 30.3 Å². The van der Waals surface area contributed by atoms with Crippen molar-refractivity contribution in [2.45, 2.75) is 12.6 Å². The van der Waals surface area contributed by atoms with E-state index in [-0.39, 0.29) is 25.7 Å². The van der Waals surface area contributed by atoms with E-state index in [0.29, 0.717) is 6.61 Å². The Morgan fingerprint density at radius 3 is 2.71 bits per heavy atom. The number of likely N-dealkylation sites (N-methyl/N-ethyl adjacent to an activating group) is 1. The lowest BCUT2D eigenvalue weighted by atomic mass is 10.0. The molecule has 0 spiro atoms. The lowest BCUT2D eigenvalue weighted by molar-refractivity contribution is -0.145. The number of benzene rings is 1. The number of nitrogens with zero attached hydrogens (tertiary/aromatic N) is 1. The first-order chi connectivity index (χ1) is 10.1. The maximum Gasteiger partial charge on any atom is 0.311 e. The zero-order valence-corrected chi connectivity index (χ0v) is 11.9. The van der Waals surface area contributed by atoms with E-state index in [1.54, 1.807) is 7.05 Å². The standard InChI is InChI=1S/C15H19NO5/c1-16(13-9-21-8-12(13)15(18)19)14(17)10-20-7-11-5-3-2-4-6-11/h2-6,12-13H,7-10H2,1H3,(H,18,19). The van der Waals surface area contributed by atoms with E-state index in [4.69, 9.17) is 14.6 Å². The fraction of sp³-hybridized carbons (Fsp3) is 0.467. The Labute approximate surface area is 123 Å². The van der Waals surface area contributed by atoms with Crippen molar-refractivity contribution in [3.63, 3.8) is 0 Å². The van der Waals surface area contributed by atoms with E-state index >= 15 is 0 Å². The number of carbonyl (C=O) groups is 2. The van der Waals surface area contributed by atoms with Gasteiger partial charge in [-0.25, -0.2) is 0 Å². The number of rotatable bonds is 6. The third-order valence-corrected chi connectivity index (χ3v) is 3.60. The summed E-state index contributed by atoms with van der Waals surface area (Å²) in [6.07, 6.45) is 0. The molecule has 6 nitrogen and oxygen atoms in total. The number of carboxylic acid groups (broad SMARTS) is 1. The van der Waals surface area contributed by atoms with Crippen molar-refractivity contribution in [3.05, 3.63) is 35.9 Å². The van der Waals surface area contributed by atoms with Gasteiger partial charge in [0.05, 0.1) is 25.9 Å². The van der Waals surface area contributed by atoms with Gasteiger partial charge in [-0.05, 0) is 5.56 Å². The predicted octanol–water partition coefficient (Wildman–Crippen LogP) is 0.761. The van der Waals surface area contributed by atoms with Gasteiger partial charge in [0, 0.05) is 7.05 Å². The van der Waals surface area contributed by atoms with Gasteiger partial charge in [-0.1, -0.05) is 30.3 Å². The van der Waals surface area contributed by atoms with Gasteiger partial charge in [-0.3, -0.25) is 9.59 Å². The van der Waals surface area contributed by atoms with E-state index in [1.807, 2.05) is 30.3 Å². The van der Waals surface area contributed by atoms with Crippen LogP contribution in [0.4, 0.5) is 0 Å². The second-order valence-corrected chi connectivity index (χ2v) is 5.03. The first-order valence-electron chi connectivity index (χ1n) is 6.77. The maximum absolute atomic E-state index is 12.0. The SMILES string of the molecule is CN(C(=O)COCc1ccccc1)C1COCC1C(=O)O. The molecule has 114 valence electrons. The van der Waals surface area contributed by atoms with E-state index < -0.39 is 17.9 Å². The average molecular weight is 293 g/mol. The van der Waals surface area contributed by atoms with E-state index in [2.05, 4.69) is 0 Å². The van der Waals surface area contributed by atoms with Gasteiger partial charge >= 0.3 is 5.97 Å². The lowest BCUT2D eigenvalue weighted by Crippen LogP contribution is -2.45. The van der Waals surface area contributed by atoms with Crippen molar-refractivity contribution in [2.75, 3.05) is 26.9 Å². The molecule has 2 atom stereocenters. The zero-order valence-electron chi connectivity index (χ0n) is 11.9. The van der Waals surface area contributed by atoms with Gasteiger partial charge < -0.3 is 19.5 Å². The summed E-state index contributed by atoms with van der Waals surface area (Å²) in [6.45, 7) is 0.665. The molecule has 1 aromatic carbocycles. The molecule has 1 aromatic rings. The van der Waals surface area contributed by atoms with Crippen LogP contribution < -0.4 is 0 Å². The van der Waals surface area contributed by atoms with Crippen LogP contribution in [0.1, 0.15) is 5.56 Å². The van der Waals surface area contributed by atoms with E-state index in [0.717, 1.165) is 5.56 Å². The first-order valence-corrected chi connectivity index (χ1v) is 6.77. The van der Waals surface area contributed by atoms with Crippen LogP contribution in [0, 0.1) is 5.92 Å². The molecule has 1 saturated heterocycles. The van der Waals surface area contributed by atoms with Crippen molar-refractivity contribution in [2.24, 2.45) is 5.92 Å². The lowest BCUT2D eigenvalue weighted by Gasteiger charge is -2.26. The smallest absolute Gasteiger partial charge is 0.311 e. The van der Waals surface area contributed by atoms with Gasteiger partial charge in [0.1, 0.15) is 12.5 Å². The molecule has 2 rings (SSSR count). The molecule has 1 fully saturated rings. The highest BCUT2D eigenvalue weighted by Gasteiger charge is 2.38. The van der Waals surface area contributed by atoms with Crippen molar-refractivity contribution >= 4 is 11.9 Å². The van der Waals surface area contributed by atoms with Gasteiger partial charge in [0.15, 0.2) is 0 Å². The topological polar surface area (TPSA) is 76.1 Å². The van der Waals surface area contributed by atoms with Crippen LogP contribution in [-0.4, -0.2) is 54.8 Å². The van der Waals surface area contributed by atoms with E-state index in [1.165, 1.54) is 4.90 Å². The molecule has 0 aromatic heterocycles. The third-order valence-electron chi connectivity index (χ3n) is 3.60. The minimum Gasteiger partial charge on any atom is -0.481 e. The maximum atomic E-state index is 12.0. The summed E-state index contributed by atoms with van der Waals surface area (Å²) < 4.78 is 10.5. The van der Waals surface area contributed by atoms with Crippen LogP contribution in [0.5, 0.6) is 0 Å². The van der Waals surface area contributed by atoms with Crippen molar-refractivity contribution in [1.29, 1.82) is 0 Å². The Bertz CT molecular complexity index is 490. The monoisotopic (exact) mass is 293 g/mol. The van der Waals surface area contributed by atoms with Crippen LogP contribution in [-0.2, 0) is 25.7 Å². The zero-order chi connectivity index (χ0) is 15.2. The number of hydrogen-bond donors (Lipinski definition) is 1. The molecule has 1 heterocycles. The minimum atomic E-state index is -0.942. The van der Waals surface area contributed by atoms with Crippen molar-refractivity contribution in [1.82, 2.24) is 4.90 Å². The summed E-state index contributed by atoms with van der Waals surface area (Å²) >= 11 is 0. The molecule has 0 aliphatic carbocycles. The Morgan fingerprint density at radius 2 is 2.05 bits per heavy atom. The van der Waals surface area contributed by atoms with Crippen molar-refractivity contribution < 1.29 is 24.2 Å². The molecule has 1 aliphatic rings. The number of ether oxygens (including phenoxy) is 2. The average Bonchev–Trinajstić information content (AvgIpc) is 2.97. The molecule has 2 unspecified atom stereocenters. The number of carbonyl (C=O) groups excluding carboxylic acids is 1. The molecule has 6 heteroatoms. The molecule has 0 radical (unpaired) electrons. The summed E-state index contributed by atoms with van der Waals surface area (Å²) in [5, 5.41) is 9.09. The summed E-state index contributed by atoms with van der Waals surface area (Å²) in [4.78, 5) is 24.5. The molecule has 1 amide bonds. The minimum absolute atomic E-state index is 0.0752. The quantitative estimate of drug-likeness (QED) is 0.838. The normalized spacial score (nSPS) is 21.2. The number of carboxylic acids is 1. The number of hydrogen-bond acceptors (Lipinski definition) is 4. The Kier molecular flexibility index (Phi) is 5.30. The summed E-state index contributed by atoms with van der Waals surface area (Å²) in [5.41, 5.74) is 0.987. The Morgan fingerprint density at radius 1 is 1.33 bits per heavy atom. The third kappa shape index (κ3) is 4.03. The number of aliphatic carboxylic acids is 1. The fourth-order valence-corrected chi connectivity index (χ4v) is 2.28. The summed E-state index contributed by atoms with van der Waals surface area (Å²) in [5.74, 6) is -1.86.